The van der Waals surface area contributed by atoms with Gasteiger partial charge in [-0.1, -0.05) is 20.3 Å². The van der Waals surface area contributed by atoms with Crippen LogP contribution in [0.1, 0.15) is 43.5 Å². The van der Waals surface area contributed by atoms with Gasteiger partial charge in [-0.05, 0) is 43.5 Å². The highest BCUT2D eigenvalue weighted by Crippen LogP contribution is 2.28. The molecule has 1 saturated carbocycles. The number of methoxy groups -OCH3 is 1. The number of hydrogen-bond donors (Lipinski definition) is 2. The van der Waals surface area contributed by atoms with E-state index in [1.165, 1.54) is 29.6 Å². The summed E-state index contributed by atoms with van der Waals surface area (Å²) in [6, 6.07) is 4.41. The maximum Gasteiger partial charge on any atom is 0.255 e. The molecule has 0 bridgehead atoms. The molecule has 1 aliphatic carbocycles. The van der Waals surface area contributed by atoms with Crippen molar-refractivity contribution in [3.8, 4) is 5.75 Å². The molecule has 2 rings (SSSR count). The van der Waals surface area contributed by atoms with Crippen LogP contribution in [-0.4, -0.2) is 51.4 Å². The van der Waals surface area contributed by atoms with Gasteiger partial charge < -0.3 is 15.8 Å². The Morgan fingerprint density at radius 2 is 2.00 bits per heavy atom. The van der Waals surface area contributed by atoms with Crippen molar-refractivity contribution in [2.24, 2.45) is 11.7 Å². The number of benzene rings is 1. The molecule has 2 unspecified atom stereocenters. The topological polar surface area (TPSA) is 102 Å². The van der Waals surface area contributed by atoms with Crippen LogP contribution in [0.4, 0.5) is 0 Å². The Labute approximate surface area is 155 Å². The van der Waals surface area contributed by atoms with Gasteiger partial charge in [0.2, 0.25) is 10.0 Å². The summed E-state index contributed by atoms with van der Waals surface area (Å²) in [6.45, 7) is 4.83. The number of ether oxygens (including phenoxy) is 1. The molecule has 0 aromatic heterocycles. The first-order chi connectivity index (χ1) is 12.4. The van der Waals surface area contributed by atoms with Crippen LogP contribution < -0.4 is 15.8 Å². The molecule has 1 aromatic rings. The van der Waals surface area contributed by atoms with Crippen LogP contribution in [-0.2, 0) is 10.0 Å². The Kier molecular flexibility index (Phi) is 7.02. The minimum atomic E-state index is -3.65. The van der Waals surface area contributed by atoms with Gasteiger partial charge in [0.15, 0.2) is 0 Å². The van der Waals surface area contributed by atoms with Crippen molar-refractivity contribution >= 4 is 15.9 Å². The van der Waals surface area contributed by atoms with E-state index >= 15 is 0 Å². The Morgan fingerprint density at radius 1 is 1.31 bits per heavy atom. The lowest BCUT2D eigenvalue weighted by Gasteiger charge is -2.21. The minimum absolute atomic E-state index is 0.0141. The molecule has 3 N–H and O–H groups in total. The number of nitrogens with zero attached hydrogens (tertiary/aromatic N) is 1. The molecule has 146 valence electrons. The van der Waals surface area contributed by atoms with Gasteiger partial charge in [-0.25, -0.2) is 8.42 Å². The molecule has 2 atom stereocenters. The Hall–Kier alpha value is -1.64. The first-order valence-corrected chi connectivity index (χ1v) is 10.5. The summed E-state index contributed by atoms with van der Waals surface area (Å²) in [5, 5.41) is 3.00. The zero-order valence-electron chi connectivity index (χ0n) is 15.7. The minimum Gasteiger partial charge on any atom is -0.496 e. The third-order valence-electron chi connectivity index (χ3n) is 5.04. The number of amides is 1. The summed E-state index contributed by atoms with van der Waals surface area (Å²) < 4.78 is 32.1. The van der Waals surface area contributed by atoms with Crippen molar-refractivity contribution in [3.63, 3.8) is 0 Å². The average molecular weight is 384 g/mol. The van der Waals surface area contributed by atoms with Crippen molar-refractivity contribution in [2.45, 2.75) is 44.0 Å². The van der Waals surface area contributed by atoms with E-state index in [2.05, 4.69) is 5.32 Å². The van der Waals surface area contributed by atoms with Crippen LogP contribution in [0.3, 0.4) is 0 Å². The first kappa shape index (κ1) is 20.7. The lowest BCUT2D eigenvalue weighted by molar-refractivity contribution is 0.0925. The number of sulfonamides is 1. The smallest absolute Gasteiger partial charge is 0.255 e. The zero-order valence-corrected chi connectivity index (χ0v) is 16.5. The summed E-state index contributed by atoms with van der Waals surface area (Å²) in [4.78, 5) is 12.9. The van der Waals surface area contributed by atoms with E-state index in [1.54, 1.807) is 13.8 Å². The van der Waals surface area contributed by atoms with E-state index in [0.717, 1.165) is 19.3 Å². The molecule has 8 heteroatoms. The predicted octanol–water partition coefficient (Wildman–Crippen LogP) is 1.58. The van der Waals surface area contributed by atoms with E-state index in [4.69, 9.17) is 10.5 Å². The zero-order chi connectivity index (χ0) is 19.3. The molecule has 0 radical (unpaired) electrons. The van der Waals surface area contributed by atoms with Crippen LogP contribution in [0.2, 0.25) is 0 Å². The summed E-state index contributed by atoms with van der Waals surface area (Å²) in [5.41, 5.74) is 6.00. The van der Waals surface area contributed by atoms with E-state index in [1.807, 2.05) is 0 Å². The summed E-state index contributed by atoms with van der Waals surface area (Å²) >= 11 is 0. The van der Waals surface area contributed by atoms with E-state index < -0.39 is 10.0 Å². The molecule has 1 fully saturated rings. The Bertz CT molecular complexity index is 732. The number of nitrogens with two attached hydrogens (primary N) is 1. The summed E-state index contributed by atoms with van der Waals surface area (Å²) in [6.07, 6.45) is 2.91. The van der Waals surface area contributed by atoms with Crippen LogP contribution in [0.5, 0.6) is 5.75 Å². The van der Waals surface area contributed by atoms with E-state index in [-0.39, 0.29) is 28.3 Å². The lowest BCUT2D eigenvalue weighted by Crippen LogP contribution is -2.40. The fraction of sp³-hybridized carbons (Fsp3) is 0.611. The van der Waals surface area contributed by atoms with Crippen LogP contribution >= 0.6 is 0 Å². The van der Waals surface area contributed by atoms with Gasteiger partial charge in [0.05, 0.1) is 17.6 Å². The molecule has 0 saturated heterocycles. The first-order valence-electron chi connectivity index (χ1n) is 9.08. The van der Waals surface area contributed by atoms with Gasteiger partial charge in [0.25, 0.3) is 5.91 Å². The van der Waals surface area contributed by atoms with Crippen molar-refractivity contribution in [2.75, 3.05) is 26.7 Å². The van der Waals surface area contributed by atoms with E-state index in [9.17, 15) is 13.2 Å². The Balaban J connectivity index is 2.34. The SMILES string of the molecule is CCN(CC)S(=O)(=O)c1ccc(OC)c(C(=O)NC2CCCC2CN)c1. The molecular formula is C18H29N3O4S. The predicted molar refractivity (Wildman–Crippen MR) is 101 cm³/mol. The molecule has 7 nitrogen and oxygen atoms in total. The number of carbonyl (C=O) groups is 1. The molecule has 26 heavy (non-hydrogen) atoms. The van der Waals surface area contributed by atoms with Crippen molar-refractivity contribution in [1.82, 2.24) is 9.62 Å². The van der Waals surface area contributed by atoms with Gasteiger partial charge >= 0.3 is 0 Å². The molecular weight excluding hydrogens is 354 g/mol. The third-order valence-corrected chi connectivity index (χ3v) is 7.08. The second kappa shape index (κ2) is 8.83. The second-order valence-electron chi connectivity index (χ2n) is 6.46. The van der Waals surface area contributed by atoms with Crippen molar-refractivity contribution in [3.05, 3.63) is 23.8 Å². The van der Waals surface area contributed by atoms with Gasteiger partial charge in [-0.3, -0.25) is 4.79 Å². The molecule has 0 heterocycles. The average Bonchev–Trinajstić information content (AvgIpc) is 3.08. The molecule has 1 aliphatic rings. The fourth-order valence-electron chi connectivity index (χ4n) is 3.49. The van der Waals surface area contributed by atoms with Crippen molar-refractivity contribution in [1.29, 1.82) is 0 Å². The summed E-state index contributed by atoms with van der Waals surface area (Å²) in [7, 11) is -2.19. The maximum absolute atomic E-state index is 12.8. The second-order valence-corrected chi connectivity index (χ2v) is 8.40. The van der Waals surface area contributed by atoms with Gasteiger partial charge in [-0.15, -0.1) is 0 Å². The van der Waals surface area contributed by atoms with Gasteiger partial charge in [-0.2, -0.15) is 4.31 Å². The molecule has 0 spiro atoms. The van der Waals surface area contributed by atoms with Crippen LogP contribution in [0, 0.1) is 5.92 Å². The maximum atomic E-state index is 12.8. The standard InChI is InChI=1S/C18H29N3O4S/c1-4-21(5-2)26(23,24)14-9-10-17(25-3)15(11-14)18(22)20-16-8-6-7-13(16)12-19/h9-11,13,16H,4-8,12,19H2,1-3H3,(H,20,22). The van der Waals surface area contributed by atoms with Gasteiger partial charge in [0, 0.05) is 19.1 Å². The molecule has 1 aromatic carbocycles. The normalized spacial score (nSPS) is 20.3. The molecule has 1 amide bonds. The highest BCUT2D eigenvalue weighted by atomic mass is 32.2. The lowest BCUT2D eigenvalue weighted by atomic mass is 10.0. The van der Waals surface area contributed by atoms with Crippen molar-refractivity contribution < 1.29 is 17.9 Å². The van der Waals surface area contributed by atoms with Gasteiger partial charge in [0.1, 0.15) is 5.75 Å². The third kappa shape index (κ3) is 4.19. The van der Waals surface area contributed by atoms with E-state index in [0.29, 0.717) is 25.4 Å². The fourth-order valence-corrected chi connectivity index (χ4v) is 4.98. The largest absolute Gasteiger partial charge is 0.496 e. The number of nitrogens with one attached hydrogen (secondary N) is 1. The number of carbonyl (C=O) groups excluding carboxylic acids is 1. The quantitative estimate of drug-likeness (QED) is 0.710. The monoisotopic (exact) mass is 383 g/mol. The number of hydrogen-bond acceptors (Lipinski definition) is 5. The summed E-state index contributed by atoms with van der Waals surface area (Å²) in [5.74, 6) is 0.277. The highest BCUT2D eigenvalue weighted by molar-refractivity contribution is 7.89. The number of rotatable bonds is 8. The van der Waals surface area contributed by atoms with Crippen LogP contribution in [0.25, 0.3) is 0 Å². The Morgan fingerprint density at radius 3 is 2.58 bits per heavy atom. The molecule has 0 aliphatic heterocycles. The van der Waals surface area contributed by atoms with Crippen LogP contribution in [0.15, 0.2) is 23.1 Å². The highest BCUT2D eigenvalue weighted by Gasteiger charge is 2.29.